The van der Waals surface area contributed by atoms with Gasteiger partial charge in [0.15, 0.2) is 0 Å². The lowest BCUT2D eigenvalue weighted by atomic mass is 9.86. The van der Waals surface area contributed by atoms with E-state index in [-0.39, 0.29) is 5.92 Å². The summed E-state index contributed by atoms with van der Waals surface area (Å²) in [5.74, 6) is 2.58. The first-order chi connectivity index (χ1) is 13.7. The summed E-state index contributed by atoms with van der Waals surface area (Å²) in [6.07, 6.45) is 3.61. The van der Waals surface area contributed by atoms with Crippen LogP contribution < -0.4 is 5.32 Å². The van der Waals surface area contributed by atoms with Crippen LogP contribution in [0.4, 0.5) is 11.5 Å². The number of anilines is 1. The third-order valence-electron chi connectivity index (χ3n) is 5.20. The molecule has 1 atom stereocenters. The van der Waals surface area contributed by atoms with E-state index in [9.17, 15) is 5.11 Å². The number of hydrogen-bond acceptors (Lipinski definition) is 7. The summed E-state index contributed by atoms with van der Waals surface area (Å²) in [5, 5.41) is 13.8. The maximum atomic E-state index is 10.3. The Bertz CT molecular complexity index is 848. The molecule has 2 rings (SSSR count). The number of aliphatic hydroxyl groups is 1. The molecule has 0 aliphatic carbocycles. The van der Waals surface area contributed by atoms with E-state index in [4.69, 9.17) is 0 Å². The second-order valence-corrected chi connectivity index (χ2v) is 8.86. The Hall–Kier alpha value is -1.99. The summed E-state index contributed by atoms with van der Waals surface area (Å²) in [4.78, 5) is 18.7. The van der Waals surface area contributed by atoms with Gasteiger partial charge >= 0.3 is 0 Å². The molecule has 0 aliphatic heterocycles. The molecule has 0 fully saturated rings. The van der Waals surface area contributed by atoms with Crippen molar-refractivity contribution in [1.29, 1.82) is 0 Å². The van der Waals surface area contributed by atoms with Gasteiger partial charge in [-0.15, -0.1) is 11.8 Å². The molecule has 7 heteroatoms. The number of aryl methyl sites for hydroxylation is 3. The zero-order valence-corrected chi connectivity index (χ0v) is 19.2. The number of aliphatic imine (C=N–C) groups is 1. The normalized spacial score (nSPS) is 12.7. The topological polar surface area (TPSA) is 83.3 Å². The Morgan fingerprint density at radius 2 is 1.97 bits per heavy atom. The monoisotopic (exact) mass is 415 g/mol. The summed E-state index contributed by atoms with van der Waals surface area (Å²) >= 11 is 1.69. The van der Waals surface area contributed by atoms with Crippen molar-refractivity contribution in [1.82, 2.24) is 15.0 Å². The van der Waals surface area contributed by atoms with E-state index in [0.29, 0.717) is 0 Å². The van der Waals surface area contributed by atoms with Crippen LogP contribution in [0.5, 0.6) is 0 Å². The number of nitrogens with zero attached hydrogens (tertiary/aromatic N) is 4. The van der Waals surface area contributed by atoms with Gasteiger partial charge in [-0.2, -0.15) is 0 Å². The van der Waals surface area contributed by atoms with Gasteiger partial charge in [-0.1, -0.05) is 13.3 Å². The lowest BCUT2D eigenvalue weighted by Crippen LogP contribution is -2.31. The van der Waals surface area contributed by atoms with Gasteiger partial charge < -0.3 is 10.4 Å². The van der Waals surface area contributed by atoms with Crippen LogP contribution in [0.3, 0.4) is 0 Å². The summed E-state index contributed by atoms with van der Waals surface area (Å²) < 4.78 is 0. The molecule has 0 saturated carbocycles. The Morgan fingerprint density at radius 1 is 1.24 bits per heavy atom. The summed E-state index contributed by atoms with van der Waals surface area (Å²) in [6.45, 7) is 16.2. The number of rotatable bonds is 10. The van der Waals surface area contributed by atoms with Crippen LogP contribution in [0.2, 0.25) is 0 Å². The van der Waals surface area contributed by atoms with Crippen molar-refractivity contribution in [3.8, 4) is 0 Å². The van der Waals surface area contributed by atoms with E-state index < -0.39 is 5.60 Å². The highest BCUT2D eigenvalue weighted by Gasteiger charge is 2.24. The quantitative estimate of drug-likeness (QED) is 0.419. The smallest absolute Gasteiger partial charge is 0.134 e. The van der Waals surface area contributed by atoms with Gasteiger partial charge in [-0.3, -0.25) is 9.98 Å². The third kappa shape index (κ3) is 6.24. The molecular weight excluding hydrogens is 382 g/mol. The van der Waals surface area contributed by atoms with Gasteiger partial charge in [0.1, 0.15) is 11.6 Å². The molecule has 29 heavy (non-hydrogen) atoms. The summed E-state index contributed by atoms with van der Waals surface area (Å²) in [6, 6.07) is 1.97. The van der Waals surface area contributed by atoms with Gasteiger partial charge in [0.2, 0.25) is 0 Å². The molecule has 2 heterocycles. The lowest BCUT2D eigenvalue weighted by molar-refractivity contribution is 0.0130. The molecule has 0 spiro atoms. The maximum Gasteiger partial charge on any atom is 0.134 e. The van der Waals surface area contributed by atoms with Gasteiger partial charge in [0.25, 0.3) is 0 Å². The number of pyridine rings is 1. The summed E-state index contributed by atoms with van der Waals surface area (Å²) in [5.41, 5.74) is 3.08. The van der Waals surface area contributed by atoms with Gasteiger partial charge in [-0.25, -0.2) is 9.97 Å². The molecule has 0 aromatic carbocycles. The first kappa shape index (κ1) is 23.3. The van der Waals surface area contributed by atoms with Crippen molar-refractivity contribution in [3.63, 3.8) is 0 Å². The van der Waals surface area contributed by atoms with Crippen molar-refractivity contribution in [2.75, 3.05) is 11.9 Å². The van der Waals surface area contributed by atoms with E-state index in [1.54, 1.807) is 18.0 Å². The predicted octanol–water partition coefficient (Wildman–Crippen LogP) is 5.02. The number of hydrogen-bond donors (Lipinski definition) is 2. The third-order valence-corrected chi connectivity index (χ3v) is 6.28. The Kier molecular flexibility index (Phi) is 8.16. The minimum Gasteiger partial charge on any atom is -0.390 e. The molecule has 2 aromatic rings. The first-order valence-corrected chi connectivity index (χ1v) is 11.0. The van der Waals surface area contributed by atoms with Crippen LogP contribution in [0.25, 0.3) is 0 Å². The van der Waals surface area contributed by atoms with Crippen molar-refractivity contribution in [2.45, 2.75) is 70.6 Å². The highest BCUT2D eigenvalue weighted by Crippen LogP contribution is 2.35. The van der Waals surface area contributed by atoms with Crippen molar-refractivity contribution >= 4 is 30.0 Å². The van der Waals surface area contributed by atoms with Crippen molar-refractivity contribution < 1.29 is 5.11 Å². The fourth-order valence-electron chi connectivity index (χ4n) is 3.47. The van der Waals surface area contributed by atoms with E-state index in [0.717, 1.165) is 64.3 Å². The van der Waals surface area contributed by atoms with Gasteiger partial charge in [0, 0.05) is 34.6 Å². The largest absolute Gasteiger partial charge is 0.390 e. The van der Waals surface area contributed by atoms with Crippen LogP contribution in [0, 0.1) is 26.7 Å². The zero-order valence-electron chi connectivity index (χ0n) is 18.4. The molecule has 2 N–H and O–H groups in total. The van der Waals surface area contributed by atoms with E-state index >= 15 is 0 Å². The molecular formula is C22H33N5OS. The average Bonchev–Trinajstić information content (AvgIpc) is 2.63. The second-order valence-electron chi connectivity index (χ2n) is 7.85. The zero-order chi connectivity index (χ0) is 21.6. The first-order valence-electron chi connectivity index (χ1n) is 10.0. The lowest BCUT2D eigenvalue weighted by Gasteiger charge is -2.28. The average molecular weight is 416 g/mol. The van der Waals surface area contributed by atoms with Crippen LogP contribution >= 0.6 is 11.8 Å². The number of nitrogens with one attached hydrogen (secondary N) is 1. The predicted molar refractivity (Wildman–Crippen MR) is 122 cm³/mol. The number of thioether (sulfide) groups is 1. The molecule has 0 radical (unpaired) electrons. The number of aromatic nitrogens is 3. The second kappa shape index (κ2) is 10.2. The molecule has 0 amide bonds. The van der Waals surface area contributed by atoms with Crippen molar-refractivity contribution in [3.05, 3.63) is 35.0 Å². The van der Waals surface area contributed by atoms with Crippen LogP contribution in [-0.4, -0.2) is 38.9 Å². The molecule has 1 unspecified atom stereocenters. The standard InChI is InChI=1S/C22H33N5OS/c1-8-17(22(5,6)28)9-11-25-21-18(14(2)26-16(4)27-21)13-29-19-10-12-24-15(3)20(19)23-7/h10,12,17,28H,7-9,11,13H2,1-6H3,(H,25,26,27). The Labute approximate surface area is 178 Å². The maximum absolute atomic E-state index is 10.3. The fourth-order valence-corrected chi connectivity index (χ4v) is 4.62. The molecule has 0 aliphatic rings. The van der Waals surface area contributed by atoms with Crippen LogP contribution in [0.1, 0.15) is 56.4 Å². The highest BCUT2D eigenvalue weighted by atomic mass is 32.2. The van der Waals surface area contributed by atoms with Crippen LogP contribution in [0.15, 0.2) is 22.2 Å². The van der Waals surface area contributed by atoms with Gasteiger partial charge in [-0.05, 0) is 59.7 Å². The molecule has 158 valence electrons. The Balaban J connectivity index is 2.16. The van der Waals surface area contributed by atoms with Crippen molar-refractivity contribution in [2.24, 2.45) is 10.9 Å². The van der Waals surface area contributed by atoms with Crippen LogP contribution in [-0.2, 0) is 5.75 Å². The summed E-state index contributed by atoms with van der Waals surface area (Å²) in [7, 11) is 0. The molecule has 0 bridgehead atoms. The Morgan fingerprint density at radius 3 is 2.59 bits per heavy atom. The minimum absolute atomic E-state index is 0.234. The minimum atomic E-state index is -0.681. The van der Waals surface area contributed by atoms with E-state index in [1.165, 1.54) is 0 Å². The SMILES string of the molecule is C=Nc1c(SCc2c(C)nc(C)nc2NCCC(CC)C(C)(C)O)ccnc1C. The van der Waals surface area contributed by atoms with E-state index in [1.807, 2.05) is 40.7 Å². The van der Waals surface area contributed by atoms with E-state index in [2.05, 4.69) is 38.9 Å². The fraction of sp³-hybridized carbons (Fsp3) is 0.545. The molecule has 6 nitrogen and oxygen atoms in total. The molecule has 2 aromatic heterocycles. The van der Waals surface area contributed by atoms with Gasteiger partial charge in [0.05, 0.1) is 17.0 Å². The highest BCUT2D eigenvalue weighted by molar-refractivity contribution is 7.98. The molecule has 0 saturated heterocycles.